The van der Waals surface area contributed by atoms with E-state index in [1.54, 1.807) is 11.8 Å². The zero-order valence-electron chi connectivity index (χ0n) is 13.5. The van der Waals surface area contributed by atoms with Crippen molar-refractivity contribution >= 4 is 12.0 Å². The summed E-state index contributed by atoms with van der Waals surface area (Å²) < 4.78 is 28.6. The van der Waals surface area contributed by atoms with Crippen LogP contribution in [0.3, 0.4) is 0 Å². The molecule has 0 saturated carbocycles. The highest BCUT2D eigenvalue weighted by Gasteiger charge is 2.36. The molecule has 6 nitrogen and oxygen atoms in total. The van der Waals surface area contributed by atoms with Crippen molar-refractivity contribution in [2.45, 2.75) is 39.0 Å². The van der Waals surface area contributed by atoms with Crippen LogP contribution in [0.1, 0.15) is 30.6 Å². The number of benzene rings is 1. The van der Waals surface area contributed by atoms with Crippen molar-refractivity contribution in [3.8, 4) is 5.75 Å². The minimum Gasteiger partial charge on any atom is -0.465 e. The largest absolute Gasteiger partial charge is 0.465 e. The van der Waals surface area contributed by atoms with E-state index in [2.05, 4.69) is 4.74 Å². The van der Waals surface area contributed by atoms with Gasteiger partial charge in [-0.05, 0) is 37.6 Å². The van der Waals surface area contributed by atoms with E-state index in [0.29, 0.717) is 18.5 Å². The predicted octanol–water partition coefficient (Wildman–Crippen LogP) is 2.89. The fourth-order valence-electron chi connectivity index (χ4n) is 2.85. The third kappa shape index (κ3) is 3.93. The van der Waals surface area contributed by atoms with Crippen molar-refractivity contribution < 1.29 is 28.2 Å². The number of carbonyl (C=O) groups is 2. The van der Waals surface area contributed by atoms with Crippen molar-refractivity contribution in [2.75, 3.05) is 13.1 Å². The molecule has 0 aliphatic carbocycles. The van der Waals surface area contributed by atoms with Crippen LogP contribution in [0, 0.1) is 0 Å². The number of hydrogen-bond donors (Lipinski definition) is 1. The lowest BCUT2D eigenvalue weighted by atomic mass is 10.0. The molecule has 132 valence electrons. The summed E-state index contributed by atoms with van der Waals surface area (Å²) in [7, 11) is 0. The van der Waals surface area contributed by atoms with Crippen molar-refractivity contribution in [1.82, 2.24) is 9.80 Å². The van der Waals surface area contributed by atoms with E-state index in [1.165, 1.54) is 29.2 Å². The molecule has 1 aliphatic rings. The zero-order valence-corrected chi connectivity index (χ0v) is 13.5. The number of carbonyl (C=O) groups excluding carboxylic acids is 1. The number of amides is 2. The molecule has 0 aromatic heterocycles. The Morgan fingerprint density at radius 2 is 1.88 bits per heavy atom. The van der Waals surface area contributed by atoms with Crippen LogP contribution in [-0.2, 0) is 0 Å². The van der Waals surface area contributed by atoms with E-state index in [-0.39, 0.29) is 30.3 Å². The van der Waals surface area contributed by atoms with Crippen LogP contribution in [0.4, 0.5) is 13.6 Å². The third-order valence-electron chi connectivity index (χ3n) is 4.15. The van der Waals surface area contributed by atoms with Crippen LogP contribution in [0.5, 0.6) is 5.75 Å². The molecule has 1 aromatic rings. The summed E-state index contributed by atoms with van der Waals surface area (Å²) in [5.74, 6) is -0.264. The first-order valence-corrected chi connectivity index (χ1v) is 7.68. The van der Waals surface area contributed by atoms with Gasteiger partial charge in [0.1, 0.15) is 5.75 Å². The van der Waals surface area contributed by atoms with Gasteiger partial charge >= 0.3 is 12.7 Å². The third-order valence-corrected chi connectivity index (χ3v) is 4.15. The molecule has 0 radical (unpaired) electrons. The maximum absolute atomic E-state index is 12.7. The fraction of sp³-hybridized carbons (Fsp3) is 0.500. The van der Waals surface area contributed by atoms with Gasteiger partial charge in [0.05, 0.1) is 0 Å². The lowest BCUT2D eigenvalue weighted by Gasteiger charge is -2.44. The van der Waals surface area contributed by atoms with Gasteiger partial charge in [-0.25, -0.2) is 4.79 Å². The van der Waals surface area contributed by atoms with Crippen LogP contribution < -0.4 is 4.74 Å². The second kappa shape index (κ2) is 7.46. The first-order chi connectivity index (χ1) is 11.3. The van der Waals surface area contributed by atoms with Crippen molar-refractivity contribution in [3.63, 3.8) is 0 Å². The monoisotopic (exact) mass is 342 g/mol. The Morgan fingerprint density at radius 1 is 1.25 bits per heavy atom. The van der Waals surface area contributed by atoms with Gasteiger partial charge in [0, 0.05) is 30.7 Å². The molecule has 0 unspecified atom stereocenters. The number of hydrogen-bond acceptors (Lipinski definition) is 3. The van der Waals surface area contributed by atoms with E-state index in [1.807, 2.05) is 6.92 Å². The highest BCUT2D eigenvalue weighted by atomic mass is 19.3. The van der Waals surface area contributed by atoms with Crippen LogP contribution in [-0.4, -0.2) is 58.7 Å². The van der Waals surface area contributed by atoms with E-state index < -0.39 is 12.7 Å². The van der Waals surface area contributed by atoms with Crippen molar-refractivity contribution in [2.24, 2.45) is 0 Å². The molecule has 1 N–H and O–H groups in total. The number of carboxylic acid groups (broad SMARTS) is 1. The molecule has 2 atom stereocenters. The van der Waals surface area contributed by atoms with Gasteiger partial charge in [-0.2, -0.15) is 8.78 Å². The second-order valence-corrected chi connectivity index (χ2v) is 5.71. The van der Waals surface area contributed by atoms with E-state index in [0.717, 1.165) is 0 Å². The lowest BCUT2D eigenvalue weighted by molar-refractivity contribution is -0.0498. The first-order valence-electron chi connectivity index (χ1n) is 7.68. The molecule has 2 amide bonds. The molecule has 0 spiro atoms. The van der Waals surface area contributed by atoms with E-state index in [4.69, 9.17) is 0 Å². The highest BCUT2D eigenvalue weighted by Crippen LogP contribution is 2.22. The second-order valence-electron chi connectivity index (χ2n) is 5.71. The number of piperazine rings is 1. The average molecular weight is 342 g/mol. The highest BCUT2D eigenvalue weighted by molar-refractivity contribution is 5.94. The maximum atomic E-state index is 12.7. The van der Waals surface area contributed by atoms with Crippen LogP contribution >= 0.6 is 0 Å². The van der Waals surface area contributed by atoms with Crippen molar-refractivity contribution in [1.29, 1.82) is 0 Å². The number of nitrogens with zero attached hydrogens (tertiary/aromatic N) is 2. The Bertz CT molecular complexity index is 594. The Balaban J connectivity index is 2.14. The summed E-state index contributed by atoms with van der Waals surface area (Å²) in [6.07, 6.45) is -0.379. The quantitative estimate of drug-likeness (QED) is 0.913. The summed E-state index contributed by atoms with van der Waals surface area (Å²) >= 11 is 0. The smallest absolute Gasteiger partial charge is 0.407 e. The normalized spacial score (nSPS) is 21.0. The SMILES string of the molecule is CC[C@@H]1CN(C(=O)O)[C@@H](C)CN1C(=O)c1ccc(OC(F)F)cc1. The first kappa shape index (κ1) is 18.0. The van der Waals surface area contributed by atoms with Gasteiger partial charge in [0.25, 0.3) is 5.91 Å². The average Bonchev–Trinajstić information content (AvgIpc) is 2.53. The summed E-state index contributed by atoms with van der Waals surface area (Å²) in [6, 6.07) is 4.97. The molecule has 8 heteroatoms. The molecule has 1 saturated heterocycles. The van der Waals surface area contributed by atoms with Crippen LogP contribution in [0.25, 0.3) is 0 Å². The number of halogens is 2. The van der Waals surface area contributed by atoms with Crippen LogP contribution in [0.2, 0.25) is 0 Å². The fourth-order valence-corrected chi connectivity index (χ4v) is 2.85. The zero-order chi connectivity index (χ0) is 17.9. The Kier molecular flexibility index (Phi) is 5.58. The minimum absolute atomic E-state index is 0.0161. The van der Waals surface area contributed by atoms with Gasteiger partial charge in [0.2, 0.25) is 0 Å². The molecule has 24 heavy (non-hydrogen) atoms. The molecule has 1 aliphatic heterocycles. The topological polar surface area (TPSA) is 70.1 Å². The standard InChI is InChI=1S/C16H20F2N2O4/c1-3-12-9-19(16(22)23)10(2)8-20(12)14(21)11-4-6-13(7-5-11)24-15(17)18/h4-7,10,12,15H,3,8-9H2,1-2H3,(H,22,23)/t10-,12+/m0/s1. The van der Waals surface area contributed by atoms with Gasteiger partial charge < -0.3 is 19.6 Å². The van der Waals surface area contributed by atoms with Gasteiger partial charge in [-0.1, -0.05) is 6.92 Å². The summed E-state index contributed by atoms with van der Waals surface area (Å²) in [4.78, 5) is 26.9. The molecular formula is C16H20F2N2O4. The summed E-state index contributed by atoms with van der Waals surface area (Å²) in [5.41, 5.74) is 0.353. The Labute approximate surface area is 138 Å². The number of ether oxygens (including phenoxy) is 1. The number of rotatable bonds is 4. The molecule has 1 heterocycles. The van der Waals surface area contributed by atoms with E-state index in [9.17, 15) is 23.5 Å². The predicted molar refractivity (Wildman–Crippen MR) is 82.4 cm³/mol. The Morgan fingerprint density at radius 3 is 2.38 bits per heavy atom. The maximum Gasteiger partial charge on any atom is 0.407 e. The number of alkyl halides is 2. The molecular weight excluding hydrogens is 322 g/mol. The molecule has 1 aromatic carbocycles. The molecule has 0 bridgehead atoms. The molecule has 1 fully saturated rings. The van der Waals surface area contributed by atoms with Gasteiger partial charge in [-0.15, -0.1) is 0 Å². The minimum atomic E-state index is -2.92. The van der Waals surface area contributed by atoms with Gasteiger partial charge in [0.15, 0.2) is 0 Å². The Hall–Kier alpha value is -2.38. The van der Waals surface area contributed by atoms with Crippen LogP contribution in [0.15, 0.2) is 24.3 Å². The summed E-state index contributed by atoms with van der Waals surface area (Å²) in [5, 5.41) is 9.21. The van der Waals surface area contributed by atoms with Crippen molar-refractivity contribution in [3.05, 3.63) is 29.8 Å². The molecule has 2 rings (SSSR count). The van der Waals surface area contributed by atoms with E-state index >= 15 is 0 Å². The summed E-state index contributed by atoms with van der Waals surface area (Å²) in [6.45, 7) is 1.27. The van der Waals surface area contributed by atoms with Gasteiger partial charge in [-0.3, -0.25) is 4.79 Å². The lowest BCUT2D eigenvalue weighted by Crippen LogP contribution is -2.60.